The van der Waals surface area contributed by atoms with Gasteiger partial charge < -0.3 is 4.74 Å². The summed E-state index contributed by atoms with van der Waals surface area (Å²) in [6.07, 6.45) is 7.75. The molecule has 1 heterocycles. The van der Waals surface area contributed by atoms with Crippen LogP contribution in [-0.2, 0) is 0 Å². The lowest BCUT2D eigenvalue weighted by molar-refractivity contribution is 0.101. The number of unbranched alkanes of at least 4 members (excludes halogenated alkanes) is 4. The summed E-state index contributed by atoms with van der Waals surface area (Å²) in [6.45, 7) is 4.44. The van der Waals surface area contributed by atoms with E-state index in [1.807, 2.05) is 0 Å². The molecule has 0 spiro atoms. The number of Topliss-reactive ketones (excluding diaryl/α,β-unsaturated/α-hetero) is 1. The minimum absolute atomic E-state index is 0.0175. The molecule has 1 aromatic heterocycles. The molecule has 0 amide bonds. The van der Waals surface area contributed by atoms with Gasteiger partial charge in [-0.15, -0.1) is 0 Å². The van der Waals surface area contributed by atoms with Gasteiger partial charge in [-0.2, -0.15) is 0 Å². The van der Waals surface area contributed by atoms with Gasteiger partial charge in [0.1, 0.15) is 11.4 Å². The Morgan fingerprint density at radius 3 is 2.59 bits per heavy atom. The Bertz CT molecular complexity index is 333. The minimum atomic E-state index is -0.0175. The van der Waals surface area contributed by atoms with Gasteiger partial charge in [-0.25, -0.2) is 4.98 Å². The lowest BCUT2D eigenvalue weighted by Crippen LogP contribution is -2.00. The summed E-state index contributed by atoms with van der Waals surface area (Å²) in [4.78, 5) is 15.0. The van der Waals surface area contributed by atoms with E-state index in [0.29, 0.717) is 5.69 Å². The molecular weight excluding hydrogens is 214 g/mol. The third-order valence-electron chi connectivity index (χ3n) is 2.61. The molecule has 0 aliphatic carbocycles. The Kier molecular flexibility index (Phi) is 6.30. The van der Waals surface area contributed by atoms with Crippen molar-refractivity contribution in [3.05, 3.63) is 24.0 Å². The highest BCUT2D eigenvalue weighted by molar-refractivity contribution is 5.92. The van der Waals surface area contributed by atoms with Gasteiger partial charge in [0.25, 0.3) is 0 Å². The SMILES string of the molecule is CCCCCCCOc1ccc(C(C)=O)nc1. The van der Waals surface area contributed by atoms with E-state index in [1.54, 1.807) is 18.3 Å². The first-order chi connectivity index (χ1) is 8.24. The normalized spacial score (nSPS) is 10.2. The summed E-state index contributed by atoms with van der Waals surface area (Å²) in [7, 11) is 0. The molecule has 0 atom stereocenters. The highest BCUT2D eigenvalue weighted by atomic mass is 16.5. The van der Waals surface area contributed by atoms with Gasteiger partial charge in [0.15, 0.2) is 5.78 Å². The molecule has 0 saturated heterocycles. The summed E-state index contributed by atoms with van der Waals surface area (Å²) in [5.41, 5.74) is 0.486. The van der Waals surface area contributed by atoms with Crippen molar-refractivity contribution in [1.82, 2.24) is 4.98 Å². The molecule has 1 rings (SSSR count). The fourth-order valence-corrected chi connectivity index (χ4v) is 1.57. The molecule has 0 aliphatic rings. The monoisotopic (exact) mass is 235 g/mol. The first kappa shape index (κ1) is 13.7. The summed E-state index contributed by atoms with van der Waals surface area (Å²) in [5.74, 6) is 0.724. The van der Waals surface area contributed by atoms with Gasteiger partial charge in [0.2, 0.25) is 0 Å². The van der Waals surface area contributed by atoms with Crippen LogP contribution in [0.4, 0.5) is 0 Å². The molecular formula is C14H21NO2. The summed E-state index contributed by atoms with van der Waals surface area (Å²) < 4.78 is 5.55. The quantitative estimate of drug-likeness (QED) is 0.510. The lowest BCUT2D eigenvalue weighted by atomic mass is 10.2. The van der Waals surface area contributed by atoms with E-state index >= 15 is 0 Å². The van der Waals surface area contributed by atoms with Crippen molar-refractivity contribution in [2.45, 2.75) is 46.0 Å². The van der Waals surface area contributed by atoms with Crippen molar-refractivity contribution in [3.63, 3.8) is 0 Å². The van der Waals surface area contributed by atoms with Gasteiger partial charge >= 0.3 is 0 Å². The van der Waals surface area contributed by atoms with Crippen molar-refractivity contribution >= 4 is 5.78 Å². The van der Waals surface area contributed by atoms with Crippen molar-refractivity contribution in [3.8, 4) is 5.75 Å². The first-order valence-electron chi connectivity index (χ1n) is 6.34. The molecule has 0 N–H and O–H groups in total. The average molecular weight is 235 g/mol. The molecule has 3 nitrogen and oxygen atoms in total. The number of nitrogens with zero attached hydrogens (tertiary/aromatic N) is 1. The Labute approximate surface area is 103 Å². The maximum Gasteiger partial charge on any atom is 0.178 e. The van der Waals surface area contributed by atoms with Crippen LogP contribution in [0.25, 0.3) is 0 Å². The second-order valence-corrected chi connectivity index (χ2v) is 4.20. The summed E-state index contributed by atoms with van der Waals surface area (Å²) in [5, 5.41) is 0. The number of carbonyl (C=O) groups is 1. The molecule has 0 saturated carbocycles. The number of rotatable bonds is 8. The van der Waals surface area contributed by atoms with Crippen LogP contribution in [0.1, 0.15) is 56.4 Å². The van der Waals surface area contributed by atoms with E-state index in [0.717, 1.165) is 18.8 Å². The standard InChI is InChI=1S/C14H21NO2/c1-3-4-5-6-7-10-17-13-8-9-14(12(2)16)15-11-13/h8-9,11H,3-7,10H2,1-2H3. The van der Waals surface area contributed by atoms with E-state index in [-0.39, 0.29) is 5.78 Å². The molecule has 0 unspecified atom stereocenters. The molecule has 0 aromatic carbocycles. The van der Waals surface area contributed by atoms with Crippen LogP contribution in [0.15, 0.2) is 18.3 Å². The zero-order chi connectivity index (χ0) is 12.5. The molecule has 0 fully saturated rings. The molecule has 0 aliphatic heterocycles. The van der Waals surface area contributed by atoms with Crippen molar-refractivity contribution in [1.29, 1.82) is 0 Å². The van der Waals surface area contributed by atoms with Crippen LogP contribution in [0.5, 0.6) is 5.75 Å². The molecule has 1 aromatic rings. The average Bonchev–Trinajstić information content (AvgIpc) is 2.34. The van der Waals surface area contributed by atoms with Crippen LogP contribution in [-0.4, -0.2) is 17.4 Å². The number of aromatic nitrogens is 1. The topological polar surface area (TPSA) is 39.2 Å². The van der Waals surface area contributed by atoms with Crippen molar-refractivity contribution in [2.24, 2.45) is 0 Å². The van der Waals surface area contributed by atoms with Crippen LogP contribution in [0.2, 0.25) is 0 Å². The molecule has 17 heavy (non-hydrogen) atoms. The van der Waals surface area contributed by atoms with Gasteiger partial charge in [0.05, 0.1) is 12.8 Å². The van der Waals surface area contributed by atoms with E-state index in [1.165, 1.54) is 32.6 Å². The smallest absolute Gasteiger partial charge is 0.178 e. The Morgan fingerprint density at radius 2 is 2.00 bits per heavy atom. The zero-order valence-electron chi connectivity index (χ0n) is 10.7. The second-order valence-electron chi connectivity index (χ2n) is 4.20. The van der Waals surface area contributed by atoms with E-state index in [2.05, 4.69) is 11.9 Å². The Hall–Kier alpha value is -1.38. The molecule has 0 radical (unpaired) electrons. The zero-order valence-corrected chi connectivity index (χ0v) is 10.7. The van der Waals surface area contributed by atoms with E-state index < -0.39 is 0 Å². The predicted octanol–water partition coefficient (Wildman–Crippen LogP) is 3.63. The third-order valence-corrected chi connectivity index (χ3v) is 2.61. The number of ether oxygens (including phenoxy) is 1. The number of carbonyl (C=O) groups excluding carboxylic acids is 1. The number of ketones is 1. The van der Waals surface area contributed by atoms with E-state index in [4.69, 9.17) is 4.74 Å². The summed E-state index contributed by atoms with van der Waals surface area (Å²) in [6, 6.07) is 3.50. The number of hydrogen-bond donors (Lipinski definition) is 0. The highest BCUT2D eigenvalue weighted by Gasteiger charge is 2.00. The molecule has 94 valence electrons. The van der Waals surface area contributed by atoms with Crippen molar-refractivity contribution in [2.75, 3.05) is 6.61 Å². The van der Waals surface area contributed by atoms with Crippen molar-refractivity contribution < 1.29 is 9.53 Å². The summed E-state index contributed by atoms with van der Waals surface area (Å²) >= 11 is 0. The van der Waals surface area contributed by atoms with Gasteiger partial charge in [0, 0.05) is 6.92 Å². The largest absolute Gasteiger partial charge is 0.492 e. The Balaban J connectivity index is 2.21. The minimum Gasteiger partial charge on any atom is -0.492 e. The molecule has 0 bridgehead atoms. The van der Waals surface area contributed by atoms with E-state index in [9.17, 15) is 4.79 Å². The maximum atomic E-state index is 11.0. The fourth-order valence-electron chi connectivity index (χ4n) is 1.57. The highest BCUT2D eigenvalue weighted by Crippen LogP contribution is 2.11. The molecule has 3 heteroatoms. The fraction of sp³-hybridized carbons (Fsp3) is 0.571. The van der Waals surface area contributed by atoms with Crippen LogP contribution >= 0.6 is 0 Å². The van der Waals surface area contributed by atoms with Crippen LogP contribution in [0.3, 0.4) is 0 Å². The van der Waals surface area contributed by atoms with Gasteiger partial charge in [-0.3, -0.25) is 4.79 Å². The van der Waals surface area contributed by atoms with Gasteiger partial charge in [-0.1, -0.05) is 32.6 Å². The van der Waals surface area contributed by atoms with Crippen LogP contribution in [0, 0.1) is 0 Å². The third kappa shape index (κ3) is 5.48. The Morgan fingerprint density at radius 1 is 1.24 bits per heavy atom. The predicted molar refractivity (Wildman–Crippen MR) is 68.5 cm³/mol. The second kappa shape index (κ2) is 7.82. The van der Waals surface area contributed by atoms with Crippen LogP contribution < -0.4 is 4.74 Å². The maximum absolute atomic E-state index is 11.0. The number of hydrogen-bond acceptors (Lipinski definition) is 3. The lowest BCUT2D eigenvalue weighted by Gasteiger charge is -2.05. The number of pyridine rings is 1. The first-order valence-corrected chi connectivity index (χ1v) is 6.34. The van der Waals surface area contributed by atoms with Gasteiger partial charge in [-0.05, 0) is 18.6 Å².